The Kier molecular flexibility index (Phi) is 6.82. The number of nitrogens with zero attached hydrogens (tertiary/aromatic N) is 5. The topological polar surface area (TPSA) is 74.5 Å². The normalized spacial score (nSPS) is 15.1. The van der Waals surface area contributed by atoms with E-state index in [4.69, 9.17) is 0 Å². The minimum atomic E-state index is -0.362. The van der Waals surface area contributed by atoms with E-state index < -0.39 is 0 Å². The number of hydrogen-bond acceptors (Lipinski definition) is 6. The lowest BCUT2D eigenvalue weighted by molar-refractivity contribution is 0.207. The Labute approximate surface area is 211 Å². The van der Waals surface area contributed by atoms with Crippen LogP contribution >= 0.6 is 0 Å². The van der Waals surface area contributed by atoms with Crippen molar-refractivity contribution in [2.24, 2.45) is 0 Å². The van der Waals surface area contributed by atoms with Gasteiger partial charge in [0.2, 0.25) is 0 Å². The van der Waals surface area contributed by atoms with Gasteiger partial charge in [-0.15, -0.1) is 0 Å². The maximum atomic E-state index is 14.0. The van der Waals surface area contributed by atoms with Crippen molar-refractivity contribution >= 4 is 5.82 Å². The van der Waals surface area contributed by atoms with Crippen molar-refractivity contribution in [1.29, 1.82) is 0 Å². The summed E-state index contributed by atoms with van der Waals surface area (Å²) in [5.74, 6) is 0.993. The van der Waals surface area contributed by atoms with Gasteiger partial charge in [0.25, 0.3) is 5.56 Å². The van der Waals surface area contributed by atoms with Gasteiger partial charge < -0.3 is 14.6 Å². The summed E-state index contributed by atoms with van der Waals surface area (Å²) in [6.45, 7) is 7.30. The maximum absolute atomic E-state index is 14.0. The smallest absolute Gasteiger partial charge is 0.260 e. The van der Waals surface area contributed by atoms with E-state index in [0.717, 1.165) is 48.8 Å². The Bertz CT molecular complexity index is 1360. The molecule has 4 heterocycles. The molecule has 1 saturated heterocycles. The zero-order chi connectivity index (χ0) is 25.1. The summed E-state index contributed by atoms with van der Waals surface area (Å²) in [6, 6.07) is 21.2. The first kappa shape index (κ1) is 23.8. The summed E-state index contributed by atoms with van der Waals surface area (Å²) >= 11 is 0. The molecule has 3 aromatic heterocycles. The first-order chi connectivity index (χ1) is 17.5. The summed E-state index contributed by atoms with van der Waals surface area (Å²) in [5, 5.41) is 11.1. The molecule has 184 valence electrons. The molecule has 1 fully saturated rings. The first-order valence-corrected chi connectivity index (χ1v) is 12.3. The van der Waals surface area contributed by atoms with E-state index >= 15 is 0 Å². The molecule has 1 aromatic carbocycles. The quantitative estimate of drug-likeness (QED) is 0.450. The maximum Gasteiger partial charge on any atom is 0.260 e. The van der Waals surface area contributed by atoms with Crippen LogP contribution in [0.4, 0.5) is 5.82 Å². The summed E-state index contributed by atoms with van der Waals surface area (Å²) in [4.78, 5) is 27.4. The molecule has 0 bridgehead atoms. The molecule has 1 atom stereocenters. The zero-order valence-electron chi connectivity index (χ0n) is 20.7. The van der Waals surface area contributed by atoms with Crippen LogP contribution in [0.3, 0.4) is 0 Å². The molecule has 0 aliphatic carbocycles. The van der Waals surface area contributed by atoms with Crippen LogP contribution in [0.15, 0.2) is 83.9 Å². The predicted octanol–water partition coefficient (Wildman–Crippen LogP) is 3.92. The highest BCUT2D eigenvalue weighted by atomic mass is 16.3. The SMILES string of the molecule is Cc1ccc([C@H](c2c(O)cc(C)n(Cc3ccccn3)c2=O)N2CCN(c3ccccn3)CC2)cc1. The van der Waals surface area contributed by atoms with Crippen LogP contribution in [0.5, 0.6) is 5.75 Å². The summed E-state index contributed by atoms with van der Waals surface area (Å²) in [5.41, 5.74) is 3.87. The molecular formula is C29H31N5O2. The fourth-order valence-corrected chi connectivity index (χ4v) is 4.93. The Balaban J connectivity index is 1.53. The van der Waals surface area contributed by atoms with Crippen LogP contribution in [0, 0.1) is 13.8 Å². The number of anilines is 1. The minimum Gasteiger partial charge on any atom is -0.507 e. The van der Waals surface area contributed by atoms with Crippen LogP contribution in [-0.4, -0.2) is 50.7 Å². The second kappa shape index (κ2) is 10.3. The second-order valence-corrected chi connectivity index (χ2v) is 9.32. The third kappa shape index (κ3) is 4.88. The molecule has 36 heavy (non-hydrogen) atoms. The number of aromatic hydroxyl groups is 1. The highest BCUT2D eigenvalue weighted by molar-refractivity contribution is 5.43. The van der Waals surface area contributed by atoms with Gasteiger partial charge in [-0.1, -0.05) is 42.0 Å². The van der Waals surface area contributed by atoms with E-state index in [-0.39, 0.29) is 17.4 Å². The number of pyridine rings is 3. The van der Waals surface area contributed by atoms with Crippen LogP contribution < -0.4 is 10.5 Å². The Morgan fingerprint density at radius 2 is 1.58 bits per heavy atom. The molecule has 0 unspecified atom stereocenters. The highest BCUT2D eigenvalue weighted by Crippen LogP contribution is 2.34. The zero-order valence-corrected chi connectivity index (χ0v) is 20.7. The van der Waals surface area contributed by atoms with Crippen molar-refractivity contribution < 1.29 is 5.11 Å². The van der Waals surface area contributed by atoms with Crippen LogP contribution in [0.25, 0.3) is 0 Å². The van der Waals surface area contributed by atoms with Gasteiger partial charge in [-0.2, -0.15) is 0 Å². The summed E-state index contributed by atoms with van der Waals surface area (Å²) < 4.78 is 1.71. The molecule has 4 aromatic rings. The van der Waals surface area contributed by atoms with Gasteiger partial charge in [0, 0.05) is 44.3 Å². The number of rotatable bonds is 6. The van der Waals surface area contributed by atoms with Gasteiger partial charge in [0.1, 0.15) is 11.6 Å². The van der Waals surface area contributed by atoms with Crippen molar-refractivity contribution in [1.82, 2.24) is 19.4 Å². The molecule has 5 rings (SSSR count). The van der Waals surface area contributed by atoms with Crippen molar-refractivity contribution in [3.63, 3.8) is 0 Å². The molecule has 1 aliphatic rings. The molecular weight excluding hydrogens is 450 g/mol. The number of aromatic nitrogens is 3. The fraction of sp³-hybridized carbons (Fsp3) is 0.276. The summed E-state index contributed by atoms with van der Waals surface area (Å²) in [6.07, 6.45) is 3.54. The number of piperazine rings is 1. The van der Waals surface area contributed by atoms with E-state index in [2.05, 4.69) is 44.0 Å². The van der Waals surface area contributed by atoms with Crippen LogP contribution in [0.1, 0.15) is 34.1 Å². The monoisotopic (exact) mass is 481 g/mol. The largest absolute Gasteiger partial charge is 0.507 e. The average Bonchev–Trinajstić information content (AvgIpc) is 2.91. The lowest BCUT2D eigenvalue weighted by Crippen LogP contribution is -2.49. The van der Waals surface area contributed by atoms with Gasteiger partial charge in [-0.3, -0.25) is 14.7 Å². The van der Waals surface area contributed by atoms with Crippen LogP contribution in [-0.2, 0) is 6.54 Å². The number of hydrogen-bond donors (Lipinski definition) is 1. The molecule has 7 heteroatoms. The average molecular weight is 482 g/mol. The van der Waals surface area contributed by atoms with E-state index in [1.165, 1.54) is 0 Å². The molecule has 0 amide bonds. The number of benzene rings is 1. The molecule has 7 nitrogen and oxygen atoms in total. The first-order valence-electron chi connectivity index (χ1n) is 12.3. The van der Waals surface area contributed by atoms with Gasteiger partial charge in [-0.05, 0) is 49.7 Å². The van der Waals surface area contributed by atoms with E-state index in [0.29, 0.717) is 17.8 Å². The van der Waals surface area contributed by atoms with Crippen LogP contribution in [0.2, 0.25) is 0 Å². The van der Waals surface area contributed by atoms with E-state index in [1.807, 2.05) is 56.4 Å². The lowest BCUT2D eigenvalue weighted by atomic mass is 9.95. The van der Waals surface area contributed by atoms with Crippen molar-refractivity contribution in [3.05, 3.63) is 118 Å². The van der Waals surface area contributed by atoms with Crippen molar-refractivity contribution in [3.8, 4) is 5.75 Å². The molecule has 0 saturated carbocycles. The third-order valence-electron chi connectivity index (χ3n) is 6.89. The van der Waals surface area contributed by atoms with Gasteiger partial charge in [0.05, 0.1) is 23.8 Å². The molecule has 0 radical (unpaired) electrons. The minimum absolute atomic E-state index is 0.0347. The predicted molar refractivity (Wildman–Crippen MR) is 141 cm³/mol. The van der Waals surface area contributed by atoms with Crippen molar-refractivity contribution in [2.45, 2.75) is 26.4 Å². The molecule has 1 aliphatic heterocycles. The van der Waals surface area contributed by atoms with Crippen molar-refractivity contribution in [2.75, 3.05) is 31.1 Å². The second-order valence-electron chi connectivity index (χ2n) is 9.32. The fourth-order valence-electron chi connectivity index (χ4n) is 4.93. The Morgan fingerprint density at radius 1 is 0.889 bits per heavy atom. The van der Waals surface area contributed by atoms with Gasteiger partial charge in [-0.25, -0.2) is 4.98 Å². The van der Waals surface area contributed by atoms with Gasteiger partial charge in [0.15, 0.2) is 0 Å². The Morgan fingerprint density at radius 3 is 2.22 bits per heavy atom. The van der Waals surface area contributed by atoms with E-state index in [1.54, 1.807) is 16.8 Å². The molecule has 0 spiro atoms. The highest BCUT2D eigenvalue weighted by Gasteiger charge is 2.31. The Hall–Kier alpha value is -3.97. The lowest BCUT2D eigenvalue weighted by Gasteiger charge is -2.40. The standard InChI is InChI=1S/C29H31N5O2/c1-21-9-11-23(12-10-21)28(33-17-15-32(16-18-33)26-8-4-6-14-31-26)27-25(35)19-22(2)34(29(27)36)20-24-7-3-5-13-30-24/h3-14,19,28,35H,15-18,20H2,1-2H3/t28-/m1/s1. The van der Waals surface area contributed by atoms with Gasteiger partial charge >= 0.3 is 0 Å². The summed E-state index contributed by atoms with van der Waals surface area (Å²) in [7, 11) is 0. The van der Waals surface area contributed by atoms with E-state index in [9.17, 15) is 9.90 Å². The molecule has 1 N–H and O–H groups in total. The number of aryl methyl sites for hydroxylation is 2. The third-order valence-corrected chi connectivity index (χ3v) is 6.89.